The van der Waals surface area contributed by atoms with E-state index >= 15 is 0 Å². The highest BCUT2D eigenvalue weighted by Gasteiger charge is 2.09. The van der Waals surface area contributed by atoms with E-state index in [1.54, 1.807) is 7.11 Å². The Bertz CT molecular complexity index is 647. The predicted molar refractivity (Wildman–Crippen MR) is 101 cm³/mol. The Morgan fingerprint density at radius 2 is 1.88 bits per heavy atom. The number of rotatable bonds is 7. The van der Waals surface area contributed by atoms with Crippen LogP contribution in [0.2, 0.25) is 0 Å². The molecule has 24 heavy (non-hydrogen) atoms. The van der Waals surface area contributed by atoms with Crippen LogP contribution >= 0.6 is 12.4 Å². The van der Waals surface area contributed by atoms with Crippen LogP contribution in [0.15, 0.2) is 48.5 Å². The van der Waals surface area contributed by atoms with Gasteiger partial charge in [0.05, 0.1) is 12.8 Å². The summed E-state index contributed by atoms with van der Waals surface area (Å²) in [5.74, 6) is 0.676. The molecule has 4 nitrogen and oxygen atoms in total. The van der Waals surface area contributed by atoms with E-state index in [0.29, 0.717) is 18.7 Å². The number of nitrogens with one attached hydrogen (secondary N) is 1. The summed E-state index contributed by atoms with van der Waals surface area (Å²) < 4.78 is 5.28. The summed E-state index contributed by atoms with van der Waals surface area (Å²) in [4.78, 5) is 14.3. The smallest absolute Gasteiger partial charge is 0.225 e. The quantitative estimate of drug-likeness (QED) is 0.825. The first-order valence-corrected chi connectivity index (χ1v) is 7.75. The summed E-state index contributed by atoms with van der Waals surface area (Å²) >= 11 is 0. The van der Waals surface area contributed by atoms with Crippen LogP contribution in [0, 0.1) is 6.92 Å². The lowest BCUT2D eigenvalue weighted by molar-refractivity contribution is -0.116. The van der Waals surface area contributed by atoms with Crippen molar-refractivity contribution in [2.24, 2.45) is 0 Å². The van der Waals surface area contributed by atoms with Gasteiger partial charge in [-0.15, -0.1) is 12.4 Å². The average molecular weight is 349 g/mol. The van der Waals surface area contributed by atoms with E-state index < -0.39 is 0 Å². The second-order valence-electron chi connectivity index (χ2n) is 5.73. The second-order valence-corrected chi connectivity index (χ2v) is 5.73. The summed E-state index contributed by atoms with van der Waals surface area (Å²) in [7, 11) is 3.63. The summed E-state index contributed by atoms with van der Waals surface area (Å²) in [5.41, 5.74) is 3.06. The van der Waals surface area contributed by atoms with E-state index in [4.69, 9.17) is 4.74 Å². The van der Waals surface area contributed by atoms with Crippen LogP contribution in [0.1, 0.15) is 17.5 Å². The average Bonchev–Trinajstić information content (AvgIpc) is 2.54. The number of carbonyl (C=O) groups is 1. The summed E-state index contributed by atoms with van der Waals surface area (Å²) in [6, 6.07) is 16.0. The maximum absolute atomic E-state index is 12.2. The minimum Gasteiger partial charge on any atom is -0.495 e. The number of anilines is 1. The molecule has 0 saturated carbocycles. The van der Waals surface area contributed by atoms with Gasteiger partial charge in [-0.3, -0.25) is 4.79 Å². The van der Waals surface area contributed by atoms with Crippen molar-refractivity contribution in [3.8, 4) is 5.75 Å². The number of aryl methyl sites for hydroxylation is 1. The van der Waals surface area contributed by atoms with Gasteiger partial charge < -0.3 is 15.0 Å². The van der Waals surface area contributed by atoms with Gasteiger partial charge in [-0.2, -0.15) is 0 Å². The molecule has 0 saturated heterocycles. The Kier molecular flexibility index (Phi) is 8.30. The van der Waals surface area contributed by atoms with E-state index in [2.05, 4.69) is 22.3 Å². The lowest BCUT2D eigenvalue weighted by Gasteiger charge is -2.17. The van der Waals surface area contributed by atoms with Crippen molar-refractivity contribution in [2.75, 3.05) is 26.0 Å². The topological polar surface area (TPSA) is 41.6 Å². The third-order valence-electron chi connectivity index (χ3n) is 3.64. The predicted octanol–water partition coefficient (Wildman–Crippen LogP) is 3.89. The molecule has 0 aliphatic carbocycles. The van der Waals surface area contributed by atoms with Crippen molar-refractivity contribution in [2.45, 2.75) is 19.9 Å². The van der Waals surface area contributed by atoms with Gasteiger partial charge in [-0.25, -0.2) is 0 Å². The molecule has 0 bridgehead atoms. The van der Waals surface area contributed by atoms with Crippen LogP contribution in [0.3, 0.4) is 0 Å². The third kappa shape index (κ3) is 6.22. The van der Waals surface area contributed by atoms with Crippen LogP contribution in [-0.2, 0) is 11.3 Å². The van der Waals surface area contributed by atoms with Crippen LogP contribution in [0.4, 0.5) is 5.69 Å². The Hall–Kier alpha value is -2.04. The minimum atomic E-state index is -0.00573. The SMILES string of the molecule is COc1ccc(C)cc1NC(=O)CCN(C)Cc1ccccc1.Cl. The molecule has 1 N–H and O–H groups in total. The fourth-order valence-corrected chi connectivity index (χ4v) is 2.40. The summed E-state index contributed by atoms with van der Waals surface area (Å²) in [6.07, 6.45) is 0.445. The van der Waals surface area contributed by atoms with Gasteiger partial charge in [0.15, 0.2) is 0 Å². The number of ether oxygens (including phenoxy) is 1. The lowest BCUT2D eigenvalue weighted by Crippen LogP contribution is -2.24. The zero-order valence-corrected chi connectivity index (χ0v) is 15.2. The number of benzene rings is 2. The zero-order valence-electron chi connectivity index (χ0n) is 14.4. The highest BCUT2D eigenvalue weighted by molar-refractivity contribution is 5.92. The van der Waals surface area contributed by atoms with Gasteiger partial charge >= 0.3 is 0 Å². The molecular formula is C19H25ClN2O2. The van der Waals surface area contributed by atoms with Crippen LogP contribution in [-0.4, -0.2) is 31.5 Å². The molecule has 2 aromatic carbocycles. The molecule has 0 heterocycles. The highest BCUT2D eigenvalue weighted by Crippen LogP contribution is 2.25. The van der Waals surface area contributed by atoms with Gasteiger partial charge in [0.2, 0.25) is 5.91 Å². The van der Waals surface area contributed by atoms with Crippen molar-refractivity contribution >= 4 is 24.0 Å². The largest absolute Gasteiger partial charge is 0.495 e. The molecule has 2 rings (SSSR count). The normalized spacial score (nSPS) is 10.2. The maximum atomic E-state index is 12.2. The van der Waals surface area contributed by atoms with Crippen molar-refractivity contribution < 1.29 is 9.53 Å². The van der Waals surface area contributed by atoms with Gasteiger partial charge in [-0.1, -0.05) is 36.4 Å². The molecule has 0 fully saturated rings. The van der Waals surface area contributed by atoms with E-state index in [1.807, 2.05) is 50.4 Å². The molecule has 0 radical (unpaired) electrons. The molecule has 0 spiro atoms. The van der Waals surface area contributed by atoms with E-state index in [1.165, 1.54) is 5.56 Å². The summed E-state index contributed by atoms with van der Waals surface area (Å²) in [5, 5.41) is 2.93. The second kappa shape index (κ2) is 9.96. The number of hydrogen-bond acceptors (Lipinski definition) is 3. The van der Waals surface area contributed by atoms with E-state index in [-0.39, 0.29) is 18.3 Å². The first-order chi connectivity index (χ1) is 11.1. The number of carbonyl (C=O) groups excluding carboxylic acids is 1. The molecule has 0 atom stereocenters. The van der Waals surface area contributed by atoms with Crippen molar-refractivity contribution in [1.29, 1.82) is 0 Å². The number of halogens is 1. The zero-order chi connectivity index (χ0) is 16.7. The van der Waals surface area contributed by atoms with Gasteiger partial charge in [0.25, 0.3) is 0 Å². The van der Waals surface area contributed by atoms with E-state index in [9.17, 15) is 4.79 Å². The Labute approximate surface area is 150 Å². The molecule has 0 aliphatic heterocycles. The number of nitrogens with zero attached hydrogens (tertiary/aromatic N) is 1. The Morgan fingerprint density at radius 1 is 1.17 bits per heavy atom. The fraction of sp³-hybridized carbons (Fsp3) is 0.316. The standard InChI is InChI=1S/C19H24N2O2.ClH/c1-15-9-10-18(23-3)17(13-15)20-19(22)11-12-21(2)14-16-7-5-4-6-8-16;/h4-10,13H,11-12,14H2,1-3H3,(H,20,22);1H. The van der Waals surface area contributed by atoms with Crippen molar-refractivity contribution in [3.63, 3.8) is 0 Å². The van der Waals surface area contributed by atoms with Gasteiger partial charge in [-0.05, 0) is 37.2 Å². The lowest BCUT2D eigenvalue weighted by atomic mass is 10.2. The first-order valence-electron chi connectivity index (χ1n) is 7.75. The molecule has 1 amide bonds. The third-order valence-corrected chi connectivity index (χ3v) is 3.64. The maximum Gasteiger partial charge on any atom is 0.225 e. The van der Waals surface area contributed by atoms with Gasteiger partial charge in [0.1, 0.15) is 5.75 Å². The Balaban J connectivity index is 0.00000288. The number of methoxy groups -OCH3 is 1. The first kappa shape index (κ1) is 20.0. The van der Waals surface area contributed by atoms with Crippen molar-refractivity contribution in [1.82, 2.24) is 4.90 Å². The highest BCUT2D eigenvalue weighted by atomic mass is 35.5. The molecule has 130 valence electrons. The molecule has 0 unspecified atom stereocenters. The Morgan fingerprint density at radius 3 is 2.54 bits per heavy atom. The monoisotopic (exact) mass is 348 g/mol. The van der Waals surface area contributed by atoms with Crippen LogP contribution < -0.4 is 10.1 Å². The molecule has 5 heteroatoms. The minimum absolute atomic E-state index is 0. The van der Waals surface area contributed by atoms with Crippen LogP contribution in [0.25, 0.3) is 0 Å². The number of hydrogen-bond donors (Lipinski definition) is 1. The fourth-order valence-electron chi connectivity index (χ4n) is 2.40. The van der Waals surface area contributed by atoms with Crippen LogP contribution in [0.5, 0.6) is 5.75 Å². The van der Waals surface area contributed by atoms with Crippen molar-refractivity contribution in [3.05, 3.63) is 59.7 Å². The number of amides is 1. The van der Waals surface area contributed by atoms with E-state index in [0.717, 1.165) is 17.8 Å². The molecule has 0 aliphatic rings. The molecule has 2 aromatic rings. The van der Waals surface area contributed by atoms with Gasteiger partial charge in [0, 0.05) is 19.5 Å². The molecular weight excluding hydrogens is 324 g/mol. The summed E-state index contributed by atoms with van der Waals surface area (Å²) in [6.45, 7) is 3.53. The molecule has 0 aromatic heterocycles.